The van der Waals surface area contributed by atoms with Crippen LogP contribution in [0.25, 0.3) is 11.0 Å². The quantitative estimate of drug-likeness (QED) is 0.919. The third-order valence-electron chi connectivity index (χ3n) is 4.63. The highest BCUT2D eigenvalue weighted by molar-refractivity contribution is 5.77. The van der Waals surface area contributed by atoms with Crippen LogP contribution in [0.2, 0.25) is 0 Å². The first-order valence-corrected chi connectivity index (χ1v) is 7.92. The minimum atomic E-state index is 0.455. The highest BCUT2D eigenvalue weighted by Crippen LogP contribution is 2.22. The van der Waals surface area contributed by atoms with Gasteiger partial charge in [0.05, 0.1) is 24.0 Å². The molecule has 1 aliphatic rings. The summed E-state index contributed by atoms with van der Waals surface area (Å²) in [5.74, 6) is 0.606. The Labute approximate surface area is 126 Å². The van der Waals surface area contributed by atoms with Gasteiger partial charge in [-0.1, -0.05) is 6.92 Å². The molecule has 21 heavy (non-hydrogen) atoms. The van der Waals surface area contributed by atoms with E-state index in [1.807, 2.05) is 6.33 Å². The molecule has 1 aromatic heterocycles. The van der Waals surface area contributed by atoms with Crippen LogP contribution in [0.3, 0.4) is 0 Å². The fourth-order valence-electron chi connectivity index (χ4n) is 3.18. The first-order chi connectivity index (χ1) is 10.2. The number of hydrogen-bond acceptors (Lipinski definition) is 3. The molecular weight excluding hydrogens is 262 g/mol. The minimum Gasteiger partial charge on any atom is -0.381 e. The van der Waals surface area contributed by atoms with E-state index in [4.69, 9.17) is 4.74 Å². The normalized spacial score (nSPS) is 20.2. The van der Waals surface area contributed by atoms with Gasteiger partial charge < -0.3 is 14.6 Å². The van der Waals surface area contributed by atoms with Crippen molar-refractivity contribution in [1.29, 1.82) is 0 Å². The lowest BCUT2D eigenvalue weighted by Gasteiger charge is -2.24. The van der Waals surface area contributed by atoms with E-state index in [1.165, 1.54) is 16.6 Å². The molecule has 0 aliphatic carbocycles. The Hall–Kier alpha value is -1.39. The number of ether oxygens (including phenoxy) is 1. The van der Waals surface area contributed by atoms with Gasteiger partial charge in [-0.25, -0.2) is 4.98 Å². The fraction of sp³-hybridized carbons (Fsp3) is 0.588. The van der Waals surface area contributed by atoms with E-state index >= 15 is 0 Å². The number of fused-ring (bicyclic) bond motifs is 1. The largest absolute Gasteiger partial charge is 0.381 e. The summed E-state index contributed by atoms with van der Waals surface area (Å²) in [4.78, 5) is 4.56. The van der Waals surface area contributed by atoms with Crippen molar-refractivity contribution in [1.82, 2.24) is 14.9 Å². The Balaban J connectivity index is 1.86. The van der Waals surface area contributed by atoms with Crippen LogP contribution in [0.5, 0.6) is 0 Å². The molecule has 1 N–H and O–H groups in total. The van der Waals surface area contributed by atoms with Gasteiger partial charge in [-0.15, -0.1) is 0 Å². The third kappa shape index (κ3) is 2.97. The van der Waals surface area contributed by atoms with Gasteiger partial charge in [0.1, 0.15) is 0 Å². The SMILES string of the molecule is CCNC(Cn1cnc2cc(C)c(C)cc21)C1CCOC1. The van der Waals surface area contributed by atoms with Crippen molar-refractivity contribution in [3.63, 3.8) is 0 Å². The Morgan fingerprint density at radius 1 is 1.38 bits per heavy atom. The molecule has 0 radical (unpaired) electrons. The van der Waals surface area contributed by atoms with Crippen molar-refractivity contribution in [3.8, 4) is 0 Å². The van der Waals surface area contributed by atoms with Crippen molar-refractivity contribution in [2.75, 3.05) is 19.8 Å². The maximum absolute atomic E-state index is 5.56. The monoisotopic (exact) mass is 287 g/mol. The van der Waals surface area contributed by atoms with Crippen LogP contribution in [0, 0.1) is 19.8 Å². The summed E-state index contributed by atoms with van der Waals surface area (Å²) in [6.45, 7) is 10.2. The molecule has 2 aromatic rings. The molecule has 3 rings (SSSR count). The number of rotatable bonds is 5. The Morgan fingerprint density at radius 2 is 2.19 bits per heavy atom. The van der Waals surface area contributed by atoms with Crippen molar-refractivity contribution in [3.05, 3.63) is 29.6 Å². The van der Waals surface area contributed by atoms with Crippen LogP contribution in [0.4, 0.5) is 0 Å². The number of imidazole rings is 1. The summed E-state index contributed by atoms with van der Waals surface area (Å²) in [5, 5.41) is 3.62. The highest BCUT2D eigenvalue weighted by atomic mass is 16.5. The maximum atomic E-state index is 5.56. The molecule has 4 heteroatoms. The van der Waals surface area contributed by atoms with Crippen molar-refractivity contribution >= 4 is 11.0 Å². The van der Waals surface area contributed by atoms with Gasteiger partial charge in [0.25, 0.3) is 0 Å². The number of hydrogen-bond donors (Lipinski definition) is 1. The molecule has 1 saturated heterocycles. The molecule has 0 saturated carbocycles. The topological polar surface area (TPSA) is 39.1 Å². The average Bonchev–Trinajstić information content (AvgIpc) is 3.10. The summed E-state index contributed by atoms with van der Waals surface area (Å²) in [5.41, 5.74) is 4.96. The van der Waals surface area contributed by atoms with E-state index in [2.05, 4.69) is 47.8 Å². The van der Waals surface area contributed by atoms with Crippen molar-refractivity contribution in [2.45, 2.75) is 39.8 Å². The van der Waals surface area contributed by atoms with Gasteiger partial charge in [-0.3, -0.25) is 0 Å². The summed E-state index contributed by atoms with van der Waals surface area (Å²) in [7, 11) is 0. The number of likely N-dealkylation sites (N-methyl/N-ethyl adjacent to an activating group) is 1. The lowest BCUT2D eigenvalue weighted by molar-refractivity contribution is 0.174. The minimum absolute atomic E-state index is 0.455. The first-order valence-electron chi connectivity index (χ1n) is 7.92. The van der Waals surface area contributed by atoms with Crippen LogP contribution in [0.1, 0.15) is 24.5 Å². The zero-order valence-corrected chi connectivity index (χ0v) is 13.2. The zero-order valence-electron chi connectivity index (χ0n) is 13.2. The number of aromatic nitrogens is 2. The van der Waals surface area contributed by atoms with E-state index < -0.39 is 0 Å². The van der Waals surface area contributed by atoms with Gasteiger partial charge in [0.2, 0.25) is 0 Å². The van der Waals surface area contributed by atoms with Gasteiger partial charge in [0.15, 0.2) is 0 Å². The van der Waals surface area contributed by atoms with E-state index in [0.29, 0.717) is 12.0 Å². The van der Waals surface area contributed by atoms with Crippen molar-refractivity contribution in [2.24, 2.45) is 5.92 Å². The smallest absolute Gasteiger partial charge is 0.0958 e. The molecule has 2 unspecified atom stereocenters. The summed E-state index contributed by atoms with van der Waals surface area (Å²) in [6, 6.07) is 4.89. The van der Waals surface area contributed by atoms with E-state index in [-0.39, 0.29) is 0 Å². The molecule has 1 aliphatic heterocycles. The van der Waals surface area contributed by atoms with Crippen LogP contribution in [-0.2, 0) is 11.3 Å². The summed E-state index contributed by atoms with van der Waals surface area (Å²) < 4.78 is 7.85. The second-order valence-corrected chi connectivity index (χ2v) is 6.11. The number of benzene rings is 1. The maximum Gasteiger partial charge on any atom is 0.0958 e. The number of nitrogens with zero attached hydrogens (tertiary/aromatic N) is 2. The van der Waals surface area contributed by atoms with Gasteiger partial charge in [0, 0.05) is 25.1 Å². The Bertz CT molecular complexity index is 614. The molecule has 0 spiro atoms. The van der Waals surface area contributed by atoms with Crippen LogP contribution in [-0.4, -0.2) is 35.4 Å². The molecule has 4 nitrogen and oxygen atoms in total. The second kappa shape index (κ2) is 6.16. The highest BCUT2D eigenvalue weighted by Gasteiger charge is 2.25. The molecule has 1 aromatic carbocycles. The van der Waals surface area contributed by atoms with Gasteiger partial charge in [-0.2, -0.15) is 0 Å². The summed E-state index contributed by atoms with van der Waals surface area (Å²) >= 11 is 0. The second-order valence-electron chi connectivity index (χ2n) is 6.11. The van der Waals surface area contributed by atoms with Gasteiger partial charge >= 0.3 is 0 Å². The Kier molecular flexibility index (Phi) is 4.27. The standard InChI is InChI=1S/C17H25N3O/c1-4-18-16(14-5-6-21-10-14)9-20-11-19-15-7-12(2)13(3)8-17(15)20/h7-8,11,14,16,18H,4-6,9-10H2,1-3H3. The molecule has 2 heterocycles. The van der Waals surface area contributed by atoms with E-state index in [1.54, 1.807) is 0 Å². The molecule has 1 fully saturated rings. The molecular formula is C17H25N3O. The van der Waals surface area contributed by atoms with E-state index in [9.17, 15) is 0 Å². The fourth-order valence-corrected chi connectivity index (χ4v) is 3.18. The lowest BCUT2D eigenvalue weighted by Crippen LogP contribution is -2.39. The third-order valence-corrected chi connectivity index (χ3v) is 4.63. The molecule has 0 bridgehead atoms. The molecule has 2 atom stereocenters. The molecule has 114 valence electrons. The van der Waals surface area contributed by atoms with Crippen molar-refractivity contribution < 1.29 is 4.74 Å². The first kappa shape index (κ1) is 14.5. The molecule has 0 amide bonds. The number of nitrogens with one attached hydrogen (secondary N) is 1. The number of aryl methyl sites for hydroxylation is 2. The van der Waals surface area contributed by atoms with Crippen LogP contribution >= 0.6 is 0 Å². The summed E-state index contributed by atoms with van der Waals surface area (Å²) in [6.07, 6.45) is 3.13. The predicted molar refractivity (Wildman–Crippen MR) is 85.6 cm³/mol. The van der Waals surface area contributed by atoms with Crippen LogP contribution in [0.15, 0.2) is 18.5 Å². The van der Waals surface area contributed by atoms with Gasteiger partial charge in [-0.05, 0) is 50.1 Å². The van der Waals surface area contributed by atoms with E-state index in [0.717, 1.165) is 38.2 Å². The van der Waals surface area contributed by atoms with Crippen LogP contribution < -0.4 is 5.32 Å². The zero-order chi connectivity index (χ0) is 14.8. The Morgan fingerprint density at radius 3 is 2.90 bits per heavy atom. The lowest BCUT2D eigenvalue weighted by atomic mass is 9.98. The average molecular weight is 287 g/mol. The predicted octanol–water partition coefficient (Wildman–Crippen LogP) is 2.67.